The van der Waals surface area contributed by atoms with Crippen molar-refractivity contribution in [2.75, 3.05) is 5.73 Å². The average Bonchev–Trinajstić information content (AvgIpc) is 2.10. The fraction of sp³-hybridized carbons (Fsp3) is 0.125. The van der Waals surface area contributed by atoms with Crippen LogP contribution in [0.3, 0.4) is 0 Å². The Morgan fingerprint density at radius 2 is 2.21 bits per heavy atom. The fourth-order valence-corrected chi connectivity index (χ4v) is 0.765. The molecular formula is C8H8ClN3O2. The van der Waals surface area contributed by atoms with Crippen LogP contribution < -0.4 is 5.73 Å². The van der Waals surface area contributed by atoms with E-state index in [1.54, 1.807) is 6.07 Å². The molecule has 0 aliphatic heterocycles. The molecule has 0 spiro atoms. The first-order chi connectivity index (χ1) is 6.52. The number of aromatic carboxylic acids is 1. The highest BCUT2D eigenvalue weighted by atomic mass is 35.5. The predicted molar refractivity (Wildman–Crippen MR) is 51.9 cm³/mol. The normalized spacial score (nSPS) is 8.07. The maximum atomic E-state index is 10.4. The Morgan fingerprint density at radius 1 is 1.71 bits per heavy atom. The number of nitrogen functional groups attached to an aromatic ring is 1. The Bertz CT molecular complexity index is 373. The van der Waals surface area contributed by atoms with Gasteiger partial charge >= 0.3 is 5.97 Å². The van der Waals surface area contributed by atoms with Gasteiger partial charge in [0.05, 0.1) is 11.8 Å². The van der Waals surface area contributed by atoms with Gasteiger partial charge in [-0.15, -0.1) is 0 Å². The number of nitriles is 1. The summed E-state index contributed by atoms with van der Waals surface area (Å²) in [7, 11) is 0. The lowest BCUT2D eigenvalue weighted by Crippen LogP contribution is -2.04. The molecule has 14 heavy (non-hydrogen) atoms. The van der Waals surface area contributed by atoms with Gasteiger partial charge in [0.15, 0.2) is 5.69 Å². The third-order valence-electron chi connectivity index (χ3n) is 1.10. The van der Waals surface area contributed by atoms with E-state index >= 15 is 0 Å². The van der Waals surface area contributed by atoms with Gasteiger partial charge in [0, 0.05) is 6.92 Å². The molecule has 1 heterocycles. The smallest absolute Gasteiger partial charge is 0.356 e. The molecule has 0 radical (unpaired) electrons. The predicted octanol–water partition coefficient (Wildman–Crippen LogP) is 1.55. The molecule has 1 aromatic rings. The van der Waals surface area contributed by atoms with E-state index in [1.165, 1.54) is 19.1 Å². The van der Waals surface area contributed by atoms with E-state index < -0.39 is 5.97 Å². The Morgan fingerprint density at radius 3 is 2.57 bits per heavy atom. The van der Waals surface area contributed by atoms with Crippen molar-refractivity contribution < 1.29 is 9.90 Å². The average molecular weight is 214 g/mol. The van der Waals surface area contributed by atoms with Crippen molar-refractivity contribution in [3.8, 4) is 6.07 Å². The number of halogens is 1. The minimum atomic E-state index is -1.18. The molecule has 0 saturated carbocycles. The van der Waals surface area contributed by atoms with Gasteiger partial charge in [-0.25, -0.2) is 9.78 Å². The molecule has 0 amide bonds. The summed E-state index contributed by atoms with van der Waals surface area (Å²) in [5, 5.41) is 15.9. The molecule has 1 aromatic heterocycles. The van der Waals surface area contributed by atoms with Crippen LogP contribution >= 0.6 is 11.6 Å². The summed E-state index contributed by atoms with van der Waals surface area (Å²) in [6, 6.07) is 4.59. The highest BCUT2D eigenvalue weighted by Crippen LogP contribution is 2.12. The molecule has 74 valence electrons. The van der Waals surface area contributed by atoms with Crippen molar-refractivity contribution in [2.24, 2.45) is 0 Å². The van der Waals surface area contributed by atoms with Gasteiger partial charge in [-0.3, -0.25) is 0 Å². The molecule has 0 fully saturated rings. The number of carboxylic acids is 1. The zero-order valence-corrected chi connectivity index (χ0v) is 8.12. The summed E-state index contributed by atoms with van der Waals surface area (Å²) in [6.45, 7) is 1.43. The third-order valence-corrected chi connectivity index (χ3v) is 1.31. The van der Waals surface area contributed by atoms with Crippen molar-refractivity contribution in [2.45, 2.75) is 6.92 Å². The zero-order valence-electron chi connectivity index (χ0n) is 7.36. The highest BCUT2D eigenvalue weighted by Gasteiger charge is 2.08. The quantitative estimate of drug-likeness (QED) is 0.690. The Labute approximate surface area is 85.7 Å². The van der Waals surface area contributed by atoms with Crippen LogP contribution in [0.15, 0.2) is 12.1 Å². The van der Waals surface area contributed by atoms with Crippen LogP contribution in [-0.2, 0) is 0 Å². The standard InChI is InChI=1S/C6H5ClN2O2.C2H3N/c7-4-2-1-3(8)5(9-4)6(10)11;1-2-3/h1-2H,8H2,(H,10,11);1H3. The van der Waals surface area contributed by atoms with Crippen LogP contribution in [0.25, 0.3) is 0 Å². The topological polar surface area (TPSA) is 100 Å². The first kappa shape index (κ1) is 12.2. The third kappa shape index (κ3) is 3.74. The van der Waals surface area contributed by atoms with E-state index in [1.807, 2.05) is 0 Å². The monoisotopic (exact) mass is 213 g/mol. The molecule has 0 aliphatic carbocycles. The molecule has 0 bridgehead atoms. The Kier molecular flexibility index (Phi) is 5.04. The van der Waals surface area contributed by atoms with Crippen LogP contribution in [0.1, 0.15) is 17.4 Å². The molecule has 0 unspecified atom stereocenters. The number of anilines is 1. The highest BCUT2D eigenvalue weighted by molar-refractivity contribution is 6.29. The molecule has 0 aromatic carbocycles. The van der Waals surface area contributed by atoms with E-state index in [0.717, 1.165) is 0 Å². The number of carboxylic acid groups (broad SMARTS) is 1. The Balaban J connectivity index is 0.000000500. The van der Waals surface area contributed by atoms with E-state index in [9.17, 15) is 4.79 Å². The van der Waals surface area contributed by atoms with Gasteiger partial charge in [0.25, 0.3) is 0 Å². The number of hydrogen-bond donors (Lipinski definition) is 2. The molecule has 0 saturated heterocycles. The van der Waals surface area contributed by atoms with Crippen molar-refractivity contribution in [1.29, 1.82) is 5.26 Å². The van der Waals surface area contributed by atoms with Crippen LogP contribution in [-0.4, -0.2) is 16.1 Å². The Hall–Kier alpha value is -1.80. The summed E-state index contributed by atoms with van der Waals surface area (Å²) in [4.78, 5) is 13.9. The maximum absolute atomic E-state index is 10.4. The van der Waals surface area contributed by atoms with E-state index in [0.29, 0.717) is 0 Å². The second kappa shape index (κ2) is 5.78. The minimum Gasteiger partial charge on any atom is -0.476 e. The summed E-state index contributed by atoms with van der Waals surface area (Å²) >= 11 is 5.43. The first-order valence-corrected chi connectivity index (χ1v) is 3.86. The molecule has 5 nitrogen and oxygen atoms in total. The number of aromatic nitrogens is 1. The van der Waals surface area contributed by atoms with Crippen molar-refractivity contribution in [3.05, 3.63) is 23.0 Å². The maximum Gasteiger partial charge on any atom is 0.356 e. The van der Waals surface area contributed by atoms with Gasteiger partial charge in [-0.05, 0) is 12.1 Å². The molecule has 0 aliphatic rings. The summed E-state index contributed by atoms with van der Waals surface area (Å²) < 4.78 is 0. The summed E-state index contributed by atoms with van der Waals surface area (Å²) in [5.41, 5.74) is 5.19. The molecule has 0 atom stereocenters. The van der Waals surface area contributed by atoms with Crippen molar-refractivity contribution in [1.82, 2.24) is 4.98 Å². The number of hydrogen-bond acceptors (Lipinski definition) is 4. The summed E-state index contributed by atoms with van der Waals surface area (Å²) in [6.07, 6.45) is 0. The number of nitrogens with zero attached hydrogens (tertiary/aromatic N) is 2. The van der Waals surface area contributed by atoms with Crippen LogP contribution in [0, 0.1) is 11.3 Å². The molecular weight excluding hydrogens is 206 g/mol. The van der Waals surface area contributed by atoms with Crippen molar-refractivity contribution >= 4 is 23.3 Å². The fourth-order valence-electron chi connectivity index (χ4n) is 0.617. The van der Waals surface area contributed by atoms with Gasteiger partial charge in [-0.2, -0.15) is 5.26 Å². The number of nitrogens with two attached hydrogens (primary N) is 1. The summed E-state index contributed by atoms with van der Waals surface area (Å²) in [5.74, 6) is -1.18. The van der Waals surface area contributed by atoms with Gasteiger partial charge in [0.2, 0.25) is 0 Å². The second-order valence-electron chi connectivity index (χ2n) is 2.10. The van der Waals surface area contributed by atoms with Gasteiger partial charge in [-0.1, -0.05) is 11.6 Å². The van der Waals surface area contributed by atoms with Crippen LogP contribution in [0.5, 0.6) is 0 Å². The van der Waals surface area contributed by atoms with Crippen LogP contribution in [0.4, 0.5) is 5.69 Å². The lowest BCUT2D eigenvalue weighted by atomic mass is 10.3. The molecule has 1 rings (SSSR count). The van der Waals surface area contributed by atoms with Gasteiger partial charge < -0.3 is 10.8 Å². The second-order valence-corrected chi connectivity index (χ2v) is 2.49. The lowest BCUT2D eigenvalue weighted by molar-refractivity contribution is 0.0692. The van der Waals surface area contributed by atoms with Gasteiger partial charge in [0.1, 0.15) is 5.15 Å². The van der Waals surface area contributed by atoms with Crippen LogP contribution in [0.2, 0.25) is 5.15 Å². The largest absolute Gasteiger partial charge is 0.476 e. The number of pyridine rings is 1. The van der Waals surface area contributed by atoms with Crippen molar-refractivity contribution in [3.63, 3.8) is 0 Å². The van der Waals surface area contributed by atoms with E-state index in [4.69, 9.17) is 27.7 Å². The number of rotatable bonds is 1. The number of carbonyl (C=O) groups is 1. The van der Waals surface area contributed by atoms with E-state index in [2.05, 4.69) is 4.98 Å². The first-order valence-electron chi connectivity index (χ1n) is 3.49. The SMILES string of the molecule is CC#N.Nc1ccc(Cl)nc1C(=O)O. The lowest BCUT2D eigenvalue weighted by Gasteiger charge is -1.97. The minimum absolute atomic E-state index is 0.113. The zero-order chi connectivity index (χ0) is 11.1. The molecule has 6 heteroatoms. The van der Waals surface area contributed by atoms with E-state index in [-0.39, 0.29) is 16.5 Å². The molecule has 3 N–H and O–H groups in total.